The van der Waals surface area contributed by atoms with Crippen LogP contribution in [0, 0.1) is 23.7 Å². The third kappa shape index (κ3) is 1.46. The number of phenolic OH excluding ortho intramolecular Hbond substituents is 1. The van der Waals surface area contributed by atoms with Gasteiger partial charge in [-0.25, -0.2) is 0 Å². The second-order valence-corrected chi connectivity index (χ2v) is 7.06. The summed E-state index contributed by atoms with van der Waals surface area (Å²) in [6.45, 7) is 0. The van der Waals surface area contributed by atoms with Gasteiger partial charge in [-0.2, -0.15) is 0 Å². The topological polar surface area (TPSA) is 54.4 Å². The van der Waals surface area contributed by atoms with Crippen molar-refractivity contribution in [2.45, 2.75) is 6.42 Å². The van der Waals surface area contributed by atoms with Crippen LogP contribution in [0.4, 0.5) is 0 Å². The predicted octanol–water partition coefficient (Wildman–Crippen LogP) is 4.02. The highest BCUT2D eigenvalue weighted by atomic mass is 35.5. The van der Waals surface area contributed by atoms with Crippen molar-refractivity contribution in [2.24, 2.45) is 23.7 Å². The van der Waals surface area contributed by atoms with E-state index in [4.69, 9.17) is 11.6 Å². The lowest BCUT2D eigenvalue weighted by atomic mass is 9.68. The summed E-state index contributed by atoms with van der Waals surface area (Å²) >= 11 is 6.48. The first-order valence-corrected chi connectivity index (χ1v) is 8.17. The fourth-order valence-electron chi connectivity index (χ4n) is 4.72. The maximum absolute atomic E-state index is 13.1. The molecule has 2 aromatic carbocycles. The van der Waals surface area contributed by atoms with Crippen molar-refractivity contribution in [2.75, 3.05) is 0 Å². The van der Waals surface area contributed by atoms with Crippen LogP contribution in [-0.2, 0) is 0 Å². The number of aromatic hydroxyl groups is 1. The molecule has 23 heavy (non-hydrogen) atoms. The first kappa shape index (κ1) is 13.3. The summed E-state index contributed by atoms with van der Waals surface area (Å²) in [5, 5.41) is 12.1. The van der Waals surface area contributed by atoms with E-state index in [2.05, 4.69) is 6.08 Å². The molecule has 1 fully saturated rings. The van der Waals surface area contributed by atoms with E-state index >= 15 is 0 Å². The standard InChI is InChI=1S/C19H13ClO3/c20-16-10-3-1-2-4-11(10)17(21)15-14(16)18(22)12-8-5-6-9(7-8)13(12)19(15)23/h1-6,8-9,12-13,21H,7H2/t8-,9-,12+,13-/m0/s1. The molecule has 3 aliphatic rings. The maximum atomic E-state index is 13.1. The van der Waals surface area contributed by atoms with E-state index in [9.17, 15) is 14.7 Å². The summed E-state index contributed by atoms with van der Waals surface area (Å²) in [6, 6.07) is 7.07. The molecule has 1 N–H and O–H groups in total. The molecule has 5 rings (SSSR count). The molecule has 0 amide bonds. The van der Waals surface area contributed by atoms with Crippen molar-refractivity contribution in [3.8, 4) is 5.75 Å². The van der Waals surface area contributed by atoms with Gasteiger partial charge >= 0.3 is 0 Å². The van der Waals surface area contributed by atoms with Crippen LogP contribution in [-0.4, -0.2) is 16.7 Å². The van der Waals surface area contributed by atoms with E-state index in [0.29, 0.717) is 10.8 Å². The lowest BCUT2D eigenvalue weighted by Crippen LogP contribution is -2.39. The summed E-state index contributed by atoms with van der Waals surface area (Å²) < 4.78 is 0. The summed E-state index contributed by atoms with van der Waals surface area (Å²) in [4.78, 5) is 26.1. The Morgan fingerprint density at radius 3 is 2.13 bits per heavy atom. The van der Waals surface area contributed by atoms with Crippen LogP contribution in [0.15, 0.2) is 36.4 Å². The third-order valence-corrected chi connectivity index (χ3v) is 6.08. The Bertz CT molecular complexity index is 869. The quantitative estimate of drug-likeness (QED) is 0.745. The largest absolute Gasteiger partial charge is 0.507 e. The third-order valence-electron chi connectivity index (χ3n) is 5.68. The van der Waals surface area contributed by atoms with Gasteiger partial charge in [-0.3, -0.25) is 9.59 Å². The summed E-state index contributed by atoms with van der Waals surface area (Å²) in [5.74, 6) is -0.752. The van der Waals surface area contributed by atoms with Crippen LogP contribution in [0.5, 0.6) is 5.75 Å². The zero-order chi connectivity index (χ0) is 15.9. The number of allylic oxidation sites excluding steroid dienone is 2. The van der Waals surface area contributed by atoms with E-state index in [-0.39, 0.29) is 57.1 Å². The lowest BCUT2D eigenvalue weighted by Gasteiger charge is -2.32. The molecule has 0 aromatic heterocycles. The van der Waals surface area contributed by atoms with E-state index in [1.807, 2.05) is 6.08 Å². The Kier molecular flexibility index (Phi) is 2.45. The number of halogens is 1. The van der Waals surface area contributed by atoms with Gasteiger partial charge in [0.05, 0.1) is 16.1 Å². The van der Waals surface area contributed by atoms with Gasteiger partial charge in [0.25, 0.3) is 0 Å². The smallest absolute Gasteiger partial charge is 0.171 e. The number of benzene rings is 2. The number of Topliss-reactive ketones (excluding diaryl/α,β-unsaturated/α-hetero) is 2. The number of phenols is 1. The molecule has 2 bridgehead atoms. The number of carbonyl (C=O) groups excluding carboxylic acids is 2. The molecular weight excluding hydrogens is 312 g/mol. The minimum absolute atomic E-state index is 0.0903. The number of carbonyl (C=O) groups is 2. The normalized spacial score (nSPS) is 30.8. The average molecular weight is 325 g/mol. The molecule has 0 radical (unpaired) electrons. The number of hydrogen-bond acceptors (Lipinski definition) is 3. The lowest BCUT2D eigenvalue weighted by molar-refractivity contribution is 0.0718. The van der Waals surface area contributed by atoms with E-state index in [0.717, 1.165) is 6.42 Å². The van der Waals surface area contributed by atoms with Crippen LogP contribution in [0.25, 0.3) is 10.8 Å². The van der Waals surface area contributed by atoms with Gasteiger partial charge < -0.3 is 5.11 Å². The van der Waals surface area contributed by atoms with Crippen molar-refractivity contribution in [1.82, 2.24) is 0 Å². The molecule has 0 saturated heterocycles. The zero-order valence-electron chi connectivity index (χ0n) is 12.1. The van der Waals surface area contributed by atoms with E-state index < -0.39 is 0 Å². The van der Waals surface area contributed by atoms with Gasteiger partial charge in [0.1, 0.15) is 5.75 Å². The summed E-state index contributed by atoms with van der Waals surface area (Å²) in [7, 11) is 0. The van der Waals surface area contributed by atoms with Crippen molar-refractivity contribution >= 4 is 33.9 Å². The Hall–Kier alpha value is -2.13. The van der Waals surface area contributed by atoms with Gasteiger partial charge in [-0.05, 0) is 18.3 Å². The number of fused-ring (bicyclic) bond motifs is 7. The van der Waals surface area contributed by atoms with E-state index in [1.54, 1.807) is 24.3 Å². The summed E-state index contributed by atoms with van der Waals surface area (Å²) in [5.41, 5.74) is 0.343. The van der Waals surface area contributed by atoms with Crippen molar-refractivity contribution in [3.63, 3.8) is 0 Å². The maximum Gasteiger partial charge on any atom is 0.171 e. The highest BCUT2D eigenvalue weighted by Crippen LogP contribution is 2.55. The SMILES string of the molecule is O=C1c2c(c(Cl)c3ccccc3c2O)C(=O)[C@H]2[C@@H]1[C@H]1C=C[C@H]2C1. The molecule has 3 aliphatic carbocycles. The fourth-order valence-corrected chi connectivity index (χ4v) is 5.07. The predicted molar refractivity (Wildman–Crippen MR) is 87.0 cm³/mol. The Balaban J connectivity index is 1.87. The van der Waals surface area contributed by atoms with Gasteiger partial charge in [0.2, 0.25) is 0 Å². The molecule has 114 valence electrons. The molecule has 4 atom stereocenters. The van der Waals surface area contributed by atoms with Gasteiger partial charge in [-0.1, -0.05) is 48.0 Å². The minimum Gasteiger partial charge on any atom is -0.507 e. The van der Waals surface area contributed by atoms with Crippen LogP contribution in [0.1, 0.15) is 27.1 Å². The molecular formula is C19H13ClO3. The van der Waals surface area contributed by atoms with Crippen molar-refractivity contribution < 1.29 is 14.7 Å². The minimum atomic E-state index is -0.340. The number of hydrogen-bond donors (Lipinski definition) is 1. The monoisotopic (exact) mass is 324 g/mol. The van der Waals surface area contributed by atoms with Crippen LogP contribution >= 0.6 is 11.6 Å². The van der Waals surface area contributed by atoms with E-state index in [1.165, 1.54) is 0 Å². The Morgan fingerprint density at radius 1 is 0.913 bits per heavy atom. The average Bonchev–Trinajstić information content (AvgIpc) is 3.17. The molecule has 3 nitrogen and oxygen atoms in total. The molecule has 2 aromatic rings. The Labute approximate surface area is 137 Å². The molecule has 1 saturated carbocycles. The summed E-state index contributed by atoms with van der Waals surface area (Å²) in [6.07, 6.45) is 4.94. The first-order valence-electron chi connectivity index (χ1n) is 7.79. The molecule has 0 aliphatic heterocycles. The molecule has 0 heterocycles. The second kappa shape index (κ2) is 4.24. The fraction of sp³-hybridized carbons (Fsp3) is 0.263. The highest BCUT2D eigenvalue weighted by Gasteiger charge is 2.56. The first-order chi connectivity index (χ1) is 11.1. The van der Waals surface area contributed by atoms with Crippen molar-refractivity contribution in [3.05, 3.63) is 52.6 Å². The van der Waals surface area contributed by atoms with Gasteiger partial charge in [0.15, 0.2) is 11.6 Å². The van der Waals surface area contributed by atoms with Crippen molar-refractivity contribution in [1.29, 1.82) is 0 Å². The molecule has 0 unspecified atom stereocenters. The van der Waals surface area contributed by atoms with Crippen LogP contribution in [0.2, 0.25) is 5.02 Å². The Morgan fingerprint density at radius 2 is 1.48 bits per heavy atom. The zero-order valence-corrected chi connectivity index (χ0v) is 12.9. The number of ketones is 2. The highest BCUT2D eigenvalue weighted by molar-refractivity contribution is 6.41. The number of rotatable bonds is 0. The molecule has 4 heteroatoms. The van der Waals surface area contributed by atoms with Crippen LogP contribution < -0.4 is 0 Å². The van der Waals surface area contributed by atoms with Gasteiger partial charge in [0, 0.05) is 22.6 Å². The molecule has 0 spiro atoms. The second-order valence-electron chi connectivity index (χ2n) is 6.69. The van der Waals surface area contributed by atoms with Crippen LogP contribution in [0.3, 0.4) is 0 Å². The van der Waals surface area contributed by atoms with Gasteiger partial charge in [-0.15, -0.1) is 0 Å².